The highest BCUT2D eigenvalue weighted by Gasteiger charge is 2.30. The van der Waals surface area contributed by atoms with Gasteiger partial charge in [0.05, 0.1) is 11.1 Å². The number of carboxylic acid groups (broad SMARTS) is 1. The van der Waals surface area contributed by atoms with Gasteiger partial charge in [-0.2, -0.15) is 13.2 Å². The summed E-state index contributed by atoms with van der Waals surface area (Å²) in [5.41, 5.74) is 0.165. The Morgan fingerprint density at radius 3 is 2.14 bits per heavy atom. The van der Waals surface area contributed by atoms with Gasteiger partial charge in [-0.1, -0.05) is 6.07 Å². The largest absolute Gasteiger partial charge is 0.507 e. The van der Waals surface area contributed by atoms with Crippen LogP contribution in [-0.4, -0.2) is 16.2 Å². The lowest BCUT2D eigenvalue weighted by atomic mass is 9.96. The molecular weight excluding hydrogens is 285 g/mol. The molecule has 6 heteroatoms. The Bertz CT molecular complexity index is 706. The third kappa shape index (κ3) is 2.99. The fraction of sp³-hybridized carbons (Fsp3) is 0.133. The maximum Gasteiger partial charge on any atom is 0.416 e. The summed E-state index contributed by atoms with van der Waals surface area (Å²) >= 11 is 0. The molecule has 0 spiro atoms. The van der Waals surface area contributed by atoms with Crippen LogP contribution in [-0.2, 0) is 6.18 Å². The zero-order valence-electron chi connectivity index (χ0n) is 10.9. The molecule has 3 nitrogen and oxygen atoms in total. The number of phenols is 1. The number of rotatable bonds is 2. The van der Waals surface area contributed by atoms with Crippen LogP contribution in [0.15, 0.2) is 36.4 Å². The summed E-state index contributed by atoms with van der Waals surface area (Å²) in [5.74, 6) is -1.49. The number of carboxylic acids is 1. The van der Waals surface area contributed by atoms with Crippen molar-refractivity contribution in [3.63, 3.8) is 0 Å². The lowest BCUT2D eigenvalue weighted by molar-refractivity contribution is -0.137. The Labute approximate surface area is 118 Å². The number of phenolic OH excluding ortho intramolecular Hbond substituents is 1. The monoisotopic (exact) mass is 296 g/mol. The van der Waals surface area contributed by atoms with E-state index < -0.39 is 17.7 Å². The van der Waals surface area contributed by atoms with E-state index >= 15 is 0 Å². The number of carbonyl (C=O) groups is 1. The van der Waals surface area contributed by atoms with Crippen LogP contribution in [0.4, 0.5) is 13.2 Å². The smallest absolute Gasteiger partial charge is 0.416 e. The highest BCUT2D eigenvalue weighted by atomic mass is 19.4. The molecule has 0 fully saturated rings. The standard InChI is InChI=1S/C15H11F3O3/c1-8-6-10(15(16,17)18)3-5-11(8)12-4-2-9(14(20)21)7-13(12)19/h2-7,19H,1H3,(H,20,21). The minimum absolute atomic E-state index is 0.0965. The van der Waals surface area contributed by atoms with Gasteiger partial charge in [0.25, 0.3) is 0 Å². The van der Waals surface area contributed by atoms with Crippen LogP contribution in [0.25, 0.3) is 11.1 Å². The molecule has 21 heavy (non-hydrogen) atoms. The molecule has 0 unspecified atom stereocenters. The Hall–Kier alpha value is -2.50. The predicted molar refractivity (Wildman–Crippen MR) is 70.2 cm³/mol. The first-order valence-corrected chi connectivity index (χ1v) is 5.94. The second kappa shape index (κ2) is 5.12. The normalized spacial score (nSPS) is 11.4. The van der Waals surface area contributed by atoms with E-state index in [0.29, 0.717) is 11.1 Å². The van der Waals surface area contributed by atoms with Crippen molar-refractivity contribution < 1.29 is 28.2 Å². The van der Waals surface area contributed by atoms with Crippen LogP contribution >= 0.6 is 0 Å². The van der Waals surface area contributed by atoms with Crippen molar-refractivity contribution in [2.45, 2.75) is 13.1 Å². The number of benzene rings is 2. The number of aromatic carboxylic acids is 1. The Morgan fingerprint density at radius 1 is 1.05 bits per heavy atom. The first kappa shape index (κ1) is 14.9. The predicted octanol–water partition coefficient (Wildman–Crippen LogP) is 4.08. The van der Waals surface area contributed by atoms with Gasteiger partial charge in [-0.25, -0.2) is 4.79 Å². The maximum atomic E-state index is 12.6. The maximum absolute atomic E-state index is 12.6. The lowest BCUT2D eigenvalue weighted by Gasteiger charge is -2.12. The van der Waals surface area contributed by atoms with E-state index in [9.17, 15) is 23.1 Å². The van der Waals surface area contributed by atoms with Gasteiger partial charge < -0.3 is 10.2 Å². The van der Waals surface area contributed by atoms with Crippen LogP contribution in [0.2, 0.25) is 0 Å². The molecule has 0 aliphatic rings. The molecule has 0 radical (unpaired) electrons. The summed E-state index contributed by atoms with van der Waals surface area (Å²) in [4.78, 5) is 10.8. The van der Waals surface area contributed by atoms with E-state index in [0.717, 1.165) is 18.2 Å². The van der Waals surface area contributed by atoms with Crippen LogP contribution in [0.3, 0.4) is 0 Å². The summed E-state index contributed by atoms with van der Waals surface area (Å²) in [6.45, 7) is 1.50. The summed E-state index contributed by atoms with van der Waals surface area (Å²) in [6, 6.07) is 6.89. The number of aromatic hydroxyl groups is 1. The van der Waals surface area contributed by atoms with Crippen molar-refractivity contribution >= 4 is 5.97 Å². The molecule has 0 bridgehead atoms. The van der Waals surface area contributed by atoms with Gasteiger partial charge in [0.2, 0.25) is 0 Å². The summed E-state index contributed by atoms with van der Waals surface area (Å²) in [7, 11) is 0. The molecule has 2 aromatic carbocycles. The van der Waals surface area contributed by atoms with Crippen molar-refractivity contribution in [2.75, 3.05) is 0 Å². The van der Waals surface area contributed by atoms with E-state index in [1.165, 1.54) is 25.1 Å². The zero-order chi connectivity index (χ0) is 15.8. The number of alkyl halides is 3. The van der Waals surface area contributed by atoms with Crippen molar-refractivity contribution in [3.05, 3.63) is 53.1 Å². The number of hydrogen-bond acceptors (Lipinski definition) is 2. The summed E-state index contributed by atoms with van der Waals surface area (Å²) < 4.78 is 37.8. The van der Waals surface area contributed by atoms with Gasteiger partial charge >= 0.3 is 12.1 Å². The second-order valence-corrected chi connectivity index (χ2v) is 4.56. The van der Waals surface area contributed by atoms with Gasteiger partial charge in [0, 0.05) is 5.56 Å². The Kier molecular flexibility index (Phi) is 3.63. The summed E-state index contributed by atoms with van der Waals surface area (Å²) in [5, 5.41) is 18.7. The Balaban J connectivity index is 2.50. The quantitative estimate of drug-likeness (QED) is 0.877. The Morgan fingerprint density at radius 2 is 1.67 bits per heavy atom. The molecule has 2 rings (SSSR count). The zero-order valence-corrected chi connectivity index (χ0v) is 10.9. The van der Waals surface area contributed by atoms with Gasteiger partial charge in [0.1, 0.15) is 5.75 Å². The van der Waals surface area contributed by atoms with Crippen LogP contribution < -0.4 is 0 Å². The molecule has 0 aliphatic carbocycles. The second-order valence-electron chi connectivity index (χ2n) is 4.56. The third-order valence-electron chi connectivity index (χ3n) is 3.09. The van der Waals surface area contributed by atoms with Crippen LogP contribution in [0.5, 0.6) is 5.75 Å². The fourth-order valence-electron chi connectivity index (χ4n) is 2.03. The number of halogens is 3. The van der Waals surface area contributed by atoms with Crippen molar-refractivity contribution in [1.29, 1.82) is 0 Å². The molecule has 0 heterocycles. The fourth-order valence-corrected chi connectivity index (χ4v) is 2.03. The van der Waals surface area contributed by atoms with Gasteiger partial charge in [-0.15, -0.1) is 0 Å². The van der Waals surface area contributed by atoms with Crippen molar-refractivity contribution in [2.24, 2.45) is 0 Å². The average molecular weight is 296 g/mol. The van der Waals surface area contributed by atoms with Gasteiger partial charge in [0.15, 0.2) is 0 Å². The molecular formula is C15H11F3O3. The van der Waals surface area contributed by atoms with Gasteiger partial charge in [-0.3, -0.25) is 0 Å². The van der Waals surface area contributed by atoms with Crippen molar-refractivity contribution in [3.8, 4) is 16.9 Å². The molecule has 0 saturated carbocycles. The first-order valence-electron chi connectivity index (χ1n) is 5.94. The third-order valence-corrected chi connectivity index (χ3v) is 3.09. The van der Waals surface area contributed by atoms with E-state index in [1.54, 1.807) is 0 Å². The number of hydrogen-bond donors (Lipinski definition) is 2. The van der Waals surface area contributed by atoms with Crippen LogP contribution in [0.1, 0.15) is 21.5 Å². The first-order chi connectivity index (χ1) is 9.70. The minimum Gasteiger partial charge on any atom is -0.507 e. The minimum atomic E-state index is -4.43. The van der Waals surface area contributed by atoms with E-state index in [-0.39, 0.29) is 16.9 Å². The van der Waals surface area contributed by atoms with E-state index in [4.69, 9.17) is 5.11 Å². The molecule has 0 aliphatic heterocycles. The lowest BCUT2D eigenvalue weighted by Crippen LogP contribution is -2.05. The SMILES string of the molecule is Cc1cc(C(F)(F)F)ccc1-c1ccc(C(=O)O)cc1O. The van der Waals surface area contributed by atoms with Gasteiger partial charge in [-0.05, 0) is 48.4 Å². The summed E-state index contributed by atoms with van der Waals surface area (Å²) in [6.07, 6.45) is -4.43. The number of aryl methyl sites for hydroxylation is 1. The molecule has 2 N–H and O–H groups in total. The molecule has 2 aromatic rings. The molecule has 0 atom stereocenters. The molecule has 0 aromatic heterocycles. The van der Waals surface area contributed by atoms with E-state index in [2.05, 4.69) is 0 Å². The van der Waals surface area contributed by atoms with Crippen molar-refractivity contribution in [1.82, 2.24) is 0 Å². The highest BCUT2D eigenvalue weighted by molar-refractivity contribution is 5.89. The van der Waals surface area contributed by atoms with E-state index in [1.807, 2.05) is 0 Å². The topological polar surface area (TPSA) is 57.5 Å². The average Bonchev–Trinajstić information content (AvgIpc) is 2.38. The molecule has 0 amide bonds. The van der Waals surface area contributed by atoms with Crippen LogP contribution in [0, 0.1) is 6.92 Å². The highest BCUT2D eigenvalue weighted by Crippen LogP contribution is 2.36. The molecule has 0 saturated heterocycles. The molecule has 110 valence electrons.